The molecule has 3 amide bonds. The van der Waals surface area contributed by atoms with Gasteiger partial charge in [0, 0.05) is 17.1 Å². The van der Waals surface area contributed by atoms with Crippen LogP contribution in [0.3, 0.4) is 0 Å². The molecule has 3 rings (SSSR count). The van der Waals surface area contributed by atoms with E-state index < -0.39 is 6.03 Å². The van der Waals surface area contributed by atoms with Crippen molar-refractivity contribution in [2.75, 3.05) is 13.2 Å². The van der Waals surface area contributed by atoms with Crippen LogP contribution in [0.1, 0.15) is 25.0 Å². The van der Waals surface area contributed by atoms with Gasteiger partial charge < -0.3 is 14.8 Å². The smallest absolute Gasteiger partial charge is 0.328 e. The van der Waals surface area contributed by atoms with Crippen LogP contribution in [0.5, 0.6) is 11.5 Å². The van der Waals surface area contributed by atoms with Crippen LogP contribution in [0.4, 0.5) is 4.79 Å². The van der Waals surface area contributed by atoms with Crippen molar-refractivity contribution in [3.8, 4) is 11.5 Å². The lowest BCUT2D eigenvalue weighted by Gasteiger charge is -2.15. The van der Waals surface area contributed by atoms with Crippen LogP contribution < -0.4 is 14.8 Å². The monoisotopic (exact) mass is 478 g/mol. The molecule has 0 bridgehead atoms. The van der Waals surface area contributed by atoms with E-state index in [2.05, 4.69) is 21.2 Å². The summed E-state index contributed by atoms with van der Waals surface area (Å²) in [5.41, 5.74) is 1.76. The average Bonchev–Trinajstić information content (AvgIpc) is 2.95. The number of benzene rings is 2. The van der Waals surface area contributed by atoms with Gasteiger partial charge in [-0.05, 0) is 59.6 Å². The number of hydrogen-bond donors (Lipinski definition) is 1. The molecule has 6 nitrogen and oxygen atoms in total. The normalized spacial score (nSPS) is 15.0. The number of amides is 3. The Balaban J connectivity index is 1.89. The fourth-order valence-electron chi connectivity index (χ4n) is 2.87. The van der Waals surface area contributed by atoms with E-state index in [0.717, 1.165) is 10.5 Å². The van der Waals surface area contributed by atoms with E-state index in [0.29, 0.717) is 39.7 Å². The number of carbonyl (C=O) groups is 2. The maximum absolute atomic E-state index is 12.3. The molecule has 0 atom stereocenters. The fraction of sp³-hybridized carbons (Fsp3) is 0.238. The Morgan fingerprint density at radius 1 is 1.17 bits per heavy atom. The van der Waals surface area contributed by atoms with Gasteiger partial charge in [-0.1, -0.05) is 29.8 Å². The molecule has 2 aromatic rings. The maximum Gasteiger partial charge on any atom is 0.328 e. The summed E-state index contributed by atoms with van der Waals surface area (Å²) < 4.78 is 12.4. The zero-order chi connectivity index (χ0) is 21.0. The van der Waals surface area contributed by atoms with E-state index in [9.17, 15) is 9.59 Å². The van der Waals surface area contributed by atoms with Crippen LogP contribution in [-0.4, -0.2) is 30.0 Å². The summed E-state index contributed by atoms with van der Waals surface area (Å²) in [5.74, 6) is 0.696. The molecule has 0 spiro atoms. The molecular weight excluding hydrogens is 460 g/mol. The summed E-state index contributed by atoms with van der Waals surface area (Å²) in [6.07, 6.45) is 1.61. The molecule has 0 aliphatic carbocycles. The number of imide groups is 1. The lowest BCUT2D eigenvalue weighted by Crippen LogP contribution is -2.30. The minimum atomic E-state index is -0.424. The lowest BCUT2D eigenvalue weighted by molar-refractivity contribution is -0.122. The molecular formula is C21H20BrClN2O4. The maximum atomic E-state index is 12.3. The first-order chi connectivity index (χ1) is 13.9. The van der Waals surface area contributed by atoms with E-state index in [1.165, 1.54) is 0 Å². The summed E-state index contributed by atoms with van der Waals surface area (Å²) in [6, 6.07) is 10.6. The summed E-state index contributed by atoms with van der Waals surface area (Å²) in [7, 11) is 0. The van der Waals surface area contributed by atoms with Gasteiger partial charge >= 0.3 is 6.03 Å². The highest BCUT2D eigenvalue weighted by molar-refractivity contribution is 9.10. The Hall–Kier alpha value is -2.51. The third-order valence-corrected chi connectivity index (χ3v) is 5.21. The van der Waals surface area contributed by atoms with Gasteiger partial charge in [0.2, 0.25) is 0 Å². The van der Waals surface area contributed by atoms with Gasteiger partial charge in [0.15, 0.2) is 11.5 Å². The number of ether oxygens (including phenoxy) is 2. The molecule has 0 aromatic heterocycles. The first-order valence-electron chi connectivity index (χ1n) is 9.11. The molecule has 0 saturated carbocycles. The van der Waals surface area contributed by atoms with Crippen molar-refractivity contribution >= 4 is 45.5 Å². The Morgan fingerprint density at radius 2 is 1.93 bits per heavy atom. The highest BCUT2D eigenvalue weighted by Crippen LogP contribution is 2.38. The zero-order valence-electron chi connectivity index (χ0n) is 16.0. The van der Waals surface area contributed by atoms with Gasteiger partial charge in [0.25, 0.3) is 5.91 Å². The van der Waals surface area contributed by atoms with Crippen molar-refractivity contribution in [3.05, 3.63) is 62.7 Å². The Morgan fingerprint density at radius 3 is 2.59 bits per heavy atom. The van der Waals surface area contributed by atoms with Crippen molar-refractivity contribution in [1.29, 1.82) is 0 Å². The van der Waals surface area contributed by atoms with Crippen LogP contribution in [-0.2, 0) is 11.4 Å². The summed E-state index contributed by atoms with van der Waals surface area (Å²) in [6.45, 7) is 4.64. The SMILES string of the molecule is CCOc1cc(/C=C2/NC(=O)N(CC)C2=O)cc(Br)c1OCc1ccccc1Cl. The summed E-state index contributed by atoms with van der Waals surface area (Å²) >= 11 is 9.71. The number of nitrogens with one attached hydrogen (secondary N) is 1. The number of urea groups is 1. The second kappa shape index (κ2) is 9.33. The Kier molecular flexibility index (Phi) is 6.82. The first kappa shape index (κ1) is 21.2. The lowest BCUT2D eigenvalue weighted by atomic mass is 10.1. The third kappa shape index (κ3) is 4.74. The van der Waals surface area contributed by atoms with Gasteiger partial charge in [0.05, 0.1) is 11.1 Å². The highest BCUT2D eigenvalue weighted by atomic mass is 79.9. The molecule has 8 heteroatoms. The van der Waals surface area contributed by atoms with Gasteiger partial charge in [-0.15, -0.1) is 0 Å². The molecule has 1 N–H and O–H groups in total. The number of rotatable bonds is 7. The Labute approximate surface area is 182 Å². The highest BCUT2D eigenvalue weighted by Gasteiger charge is 2.32. The van der Waals surface area contributed by atoms with Crippen LogP contribution in [0.25, 0.3) is 6.08 Å². The van der Waals surface area contributed by atoms with Crippen molar-refractivity contribution in [2.24, 2.45) is 0 Å². The summed E-state index contributed by atoms with van der Waals surface area (Å²) in [4.78, 5) is 25.3. The van der Waals surface area contributed by atoms with E-state index in [1.54, 1.807) is 31.2 Å². The summed E-state index contributed by atoms with van der Waals surface area (Å²) in [5, 5.41) is 3.21. The standard InChI is InChI=1S/C21H20BrClN2O4/c1-3-25-20(26)17(24-21(25)27)10-13-9-15(22)19(18(11-13)28-4-2)29-12-14-7-5-6-8-16(14)23/h5-11H,3-4,12H2,1-2H3,(H,24,27)/b17-10+. The van der Waals surface area contributed by atoms with E-state index in [4.69, 9.17) is 21.1 Å². The van der Waals surface area contributed by atoms with Crippen LogP contribution >= 0.6 is 27.5 Å². The predicted octanol–water partition coefficient (Wildman–Crippen LogP) is 4.99. The topological polar surface area (TPSA) is 67.9 Å². The molecule has 1 aliphatic rings. The van der Waals surface area contributed by atoms with Crippen molar-refractivity contribution in [2.45, 2.75) is 20.5 Å². The first-order valence-corrected chi connectivity index (χ1v) is 10.3. The van der Waals surface area contributed by atoms with Gasteiger partial charge in [-0.3, -0.25) is 9.69 Å². The second-order valence-electron chi connectivity index (χ2n) is 6.18. The predicted molar refractivity (Wildman–Crippen MR) is 115 cm³/mol. The second-order valence-corrected chi connectivity index (χ2v) is 7.44. The van der Waals surface area contributed by atoms with E-state index in [-0.39, 0.29) is 18.2 Å². The molecule has 0 unspecified atom stereocenters. The molecule has 1 fully saturated rings. The number of likely N-dealkylation sites (N-methyl/N-ethyl adjacent to an activating group) is 1. The van der Waals surface area contributed by atoms with Crippen LogP contribution in [0.15, 0.2) is 46.6 Å². The van der Waals surface area contributed by atoms with E-state index >= 15 is 0 Å². The van der Waals surface area contributed by atoms with Gasteiger partial charge in [-0.2, -0.15) is 0 Å². The largest absolute Gasteiger partial charge is 0.490 e. The van der Waals surface area contributed by atoms with Crippen LogP contribution in [0.2, 0.25) is 5.02 Å². The molecule has 1 aliphatic heterocycles. The fourth-order valence-corrected chi connectivity index (χ4v) is 3.63. The zero-order valence-corrected chi connectivity index (χ0v) is 18.3. The number of carbonyl (C=O) groups excluding carboxylic acids is 2. The molecule has 1 saturated heterocycles. The van der Waals surface area contributed by atoms with Crippen molar-refractivity contribution in [3.63, 3.8) is 0 Å². The quantitative estimate of drug-likeness (QED) is 0.449. The molecule has 152 valence electrons. The van der Waals surface area contributed by atoms with E-state index in [1.807, 2.05) is 25.1 Å². The van der Waals surface area contributed by atoms with Crippen molar-refractivity contribution in [1.82, 2.24) is 10.2 Å². The number of nitrogens with zero attached hydrogens (tertiary/aromatic N) is 1. The van der Waals surface area contributed by atoms with Crippen molar-refractivity contribution < 1.29 is 19.1 Å². The minimum absolute atomic E-state index is 0.218. The van der Waals surface area contributed by atoms with Crippen LogP contribution in [0, 0.1) is 0 Å². The Bertz CT molecular complexity index is 977. The molecule has 0 radical (unpaired) electrons. The number of hydrogen-bond acceptors (Lipinski definition) is 4. The third-order valence-electron chi connectivity index (χ3n) is 4.25. The molecule has 29 heavy (non-hydrogen) atoms. The molecule has 1 heterocycles. The molecule has 2 aromatic carbocycles. The van der Waals surface area contributed by atoms with Gasteiger partial charge in [0.1, 0.15) is 12.3 Å². The minimum Gasteiger partial charge on any atom is -0.490 e. The van der Waals surface area contributed by atoms with Gasteiger partial charge in [-0.25, -0.2) is 4.79 Å². The number of halogens is 2. The average molecular weight is 480 g/mol.